The van der Waals surface area contributed by atoms with Gasteiger partial charge < -0.3 is 9.88 Å². The van der Waals surface area contributed by atoms with E-state index in [0.29, 0.717) is 11.1 Å². The van der Waals surface area contributed by atoms with Gasteiger partial charge in [0.2, 0.25) is 5.91 Å². The summed E-state index contributed by atoms with van der Waals surface area (Å²) in [6.07, 6.45) is 2.25. The summed E-state index contributed by atoms with van der Waals surface area (Å²) < 4.78 is 28.1. The van der Waals surface area contributed by atoms with E-state index in [1.165, 1.54) is 17.8 Å². The van der Waals surface area contributed by atoms with E-state index in [9.17, 15) is 13.6 Å². The molecule has 1 N–H and O–H groups in total. The zero-order chi connectivity index (χ0) is 15.7. The Labute approximate surface area is 130 Å². The van der Waals surface area contributed by atoms with E-state index >= 15 is 0 Å². The number of nitrogens with zero attached hydrogens (tertiary/aromatic N) is 3. The summed E-state index contributed by atoms with van der Waals surface area (Å²) in [5.41, 5.74) is -0.0383. The molecule has 0 bridgehead atoms. The summed E-state index contributed by atoms with van der Waals surface area (Å²) in [4.78, 5) is 11.8. The molecule has 0 radical (unpaired) electrons. The third-order valence-corrected chi connectivity index (χ3v) is 4.37. The summed E-state index contributed by atoms with van der Waals surface area (Å²) in [5.74, 6) is -0.370. The van der Waals surface area contributed by atoms with Crippen LogP contribution in [0.15, 0.2) is 23.4 Å². The van der Waals surface area contributed by atoms with E-state index in [1.807, 2.05) is 11.6 Å². The fourth-order valence-corrected chi connectivity index (χ4v) is 2.77. The van der Waals surface area contributed by atoms with Gasteiger partial charge in [-0.15, -0.1) is 10.2 Å². The predicted molar refractivity (Wildman–Crippen MR) is 78.7 cm³/mol. The van der Waals surface area contributed by atoms with E-state index in [1.54, 1.807) is 0 Å². The fraction of sp³-hybridized carbons (Fsp3) is 0.357. The Morgan fingerprint density at radius 3 is 2.86 bits per heavy atom. The highest BCUT2D eigenvalue weighted by atomic mass is 32.2. The van der Waals surface area contributed by atoms with Crippen molar-refractivity contribution in [2.75, 3.05) is 11.1 Å². The molecule has 0 unspecified atom stereocenters. The van der Waals surface area contributed by atoms with Crippen LogP contribution in [0.5, 0.6) is 0 Å². The van der Waals surface area contributed by atoms with Gasteiger partial charge in [0, 0.05) is 19.0 Å². The monoisotopic (exact) mass is 324 g/mol. The molecule has 2 aromatic rings. The quantitative estimate of drug-likeness (QED) is 0.859. The van der Waals surface area contributed by atoms with Gasteiger partial charge in [-0.25, -0.2) is 8.78 Å². The topological polar surface area (TPSA) is 59.8 Å². The van der Waals surface area contributed by atoms with Crippen molar-refractivity contribution < 1.29 is 13.6 Å². The van der Waals surface area contributed by atoms with Crippen LogP contribution in [0.3, 0.4) is 0 Å². The lowest BCUT2D eigenvalue weighted by Gasteiger charge is -2.06. The van der Waals surface area contributed by atoms with Crippen molar-refractivity contribution in [3.63, 3.8) is 0 Å². The smallest absolute Gasteiger partial charge is 0.234 e. The molecule has 0 atom stereocenters. The standard InChI is InChI=1S/C14H14F2N4OS/c1-20-13(8-2-3-8)18-19-14(20)22-7-12(21)17-11-5-4-9(15)6-10(11)16/h4-6,8H,2-3,7H2,1H3,(H,17,21). The molecule has 0 spiro atoms. The van der Waals surface area contributed by atoms with Crippen LogP contribution in [-0.2, 0) is 11.8 Å². The molecule has 1 aromatic carbocycles. The second-order valence-electron chi connectivity index (χ2n) is 5.14. The molecule has 22 heavy (non-hydrogen) atoms. The molecule has 3 rings (SSSR count). The minimum Gasteiger partial charge on any atom is -0.323 e. The van der Waals surface area contributed by atoms with Crippen molar-refractivity contribution in [2.24, 2.45) is 7.05 Å². The summed E-state index contributed by atoms with van der Waals surface area (Å²) in [6, 6.07) is 3.02. The molecule has 116 valence electrons. The fourth-order valence-electron chi connectivity index (χ4n) is 2.06. The predicted octanol–water partition coefficient (Wildman–Crippen LogP) is 2.70. The molecule has 8 heteroatoms. The number of halogens is 2. The summed E-state index contributed by atoms with van der Waals surface area (Å²) in [6.45, 7) is 0. The molecule has 1 heterocycles. The van der Waals surface area contributed by atoms with Gasteiger partial charge in [-0.3, -0.25) is 4.79 Å². The Hall–Kier alpha value is -1.96. The maximum atomic E-state index is 13.4. The van der Waals surface area contributed by atoms with Crippen LogP contribution in [0.25, 0.3) is 0 Å². The summed E-state index contributed by atoms with van der Waals surface area (Å²) >= 11 is 1.23. The van der Waals surface area contributed by atoms with Crippen molar-refractivity contribution in [1.82, 2.24) is 14.8 Å². The number of benzene rings is 1. The van der Waals surface area contributed by atoms with Gasteiger partial charge in [0.05, 0.1) is 11.4 Å². The van der Waals surface area contributed by atoms with Crippen LogP contribution in [0.1, 0.15) is 24.6 Å². The lowest BCUT2D eigenvalue weighted by molar-refractivity contribution is -0.113. The number of carbonyl (C=O) groups excluding carboxylic acids is 1. The van der Waals surface area contributed by atoms with Gasteiger partial charge in [0.1, 0.15) is 17.5 Å². The number of anilines is 1. The lowest BCUT2D eigenvalue weighted by Crippen LogP contribution is -2.15. The largest absolute Gasteiger partial charge is 0.323 e. The highest BCUT2D eigenvalue weighted by Crippen LogP contribution is 2.39. The average molecular weight is 324 g/mol. The molecular formula is C14H14F2N4OS. The van der Waals surface area contributed by atoms with E-state index in [2.05, 4.69) is 15.5 Å². The van der Waals surface area contributed by atoms with Crippen LogP contribution < -0.4 is 5.32 Å². The van der Waals surface area contributed by atoms with Gasteiger partial charge in [-0.1, -0.05) is 11.8 Å². The molecule has 0 aliphatic heterocycles. The molecule has 1 aromatic heterocycles. The van der Waals surface area contributed by atoms with Gasteiger partial charge in [0.25, 0.3) is 0 Å². The molecular weight excluding hydrogens is 310 g/mol. The van der Waals surface area contributed by atoms with Gasteiger partial charge in [-0.2, -0.15) is 0 Å². The number of thioether (sulfide) groups is 1. The lowest BCUT2D eigenvalue weighted by atomic mass is 10.3. The van der Waals surface area contributed by atoms with Gasteiger partial charge >= 0.3 is 0 Å². The highest BCUT2D eigenvalue weighted by molar-refractivity contribution is 7.99. The first kappa shape index (κ1) is 15.0. The normalized spacial score (nSPS) is 14.1. The highest BCUT2D eigenvalue weighted by Gasteiger charge is 2.29. The Kier molecular flexibility index (Phi) is 4.10. The third kappa shape index (κ3) is 3.27. The Balaban J connectivity index is 1.58. The number of nitrogens with one attached hydrogen (secondary N) is 1. The zero-order valence-corrected chi connectivity index (χ0v) is 12.7. The zero-order valence-electron chi connectivity index (χ0n) is 11.8. The number of carbonyl (C=O) groups is 1. The Morgan fingerprint density at radius 1 is 1.41 bits per heavy atom. The first-order valence-electron chi connectivity index (χ1n) is 6.81. The van der Waals surface area contributed by atoms with Crippen LogP contribution in [-0.4, -0.2) is 26.4 Å². The molecule has 1 saturated carbocycles. The van der Waals surface area contributed by atoms with Crippen molar-refractivity contribution in [1.29, 1.82) is 0 Å². The number of amides is 1. The van der Waals surface area contributed by atoms with Gasteiger partial charge in [-0.05, 0) is 25.0 Å². The molecule has 1 fully saturated rings. The third-order valence-electron chi connectivity index (χ3n) is 3.35. The molecule has 1 aliphatic carbocycles. The second-order valence-corrected chi connectivity index (χ2v) is 6.08. The van der Waals surface area contributed by atoms with Crippen LogP contribution in [0.4, 0.5) is 14.5 Å². The summed E-state index contributed by atoms with van der Waals surface area (Å²) in [7, 11) is 1.87. The van der Waals surface area contributed by atoms with Crippen molar-refractivity contribution in [3.8, 4) is 0 Å². The molecule has 1 aliphatic rings. The van der Waals surface area contributed by atoms with E-state index < -0.39 is 11.6 Å². The van der Waals surface area contributed by atoms with E-state index in [4.69, 9.17) is 0 Å². The second kappa shape index (κ2) is 6.04. The first-order chi connectivity index (χ1) is 10.5. The van der Waals surface area contributed by atoms with Crippen molar-refractivity contribution >= 4 is 23.4 Å². The van der Waals surface area contributed by atoms with Crippen LogP contribution in [0.2, 0.25) is 0 Å². The van der Waals surface area contributed by atoms with E-state index in [-0.39, 0.29) is 17.3 Å². The number of rotatable bonds is 5. The van der Waals surface area contributed by atoms with Crippen molar-refractivity contribution in [2.45, 2.75) is 23.9 Å². The number of hydrogen-bond donors (Lipinski definition) is 1. The Morgan fingerprint density at radius 2 is 2.18 bits per heavy atom. The SMILES string of the molecule is Cn1c(SCC(=O)Nc2ccc(F)cc2F)nnc1C1CC1. The van der Waals surface area contributed by atoms with Crippen LogP contribution in [0, 0.1) is 11.6 Å². The Bertz CT molecular complexity index is 715. The van der Waals surface area contributed by atoms with Crippen molar-refractivity contribution in [3.05, 3.63) is 35.7 Å². The maximum absolute atomic E-state index is 13.4. The minimum absolute atomic E-state index is 0.0383. The molecule has 0 saturated heterocycles. The maximum Gasteiger partial charge on any atom is 0.234 e. The number of aromatic nitrogens is 3. The molecule has 5 nitrogen and oxygen atoms in total. The summed E-state index contributed by atoms with van der Waals surface area (Å²) in [5, 5.41) is 11.2. The van der Waals surface area contributed by atoms with E-state index in [0.717, 1.165) is 30.8 Å². The minimum atomic E-state index is -0.798. The van der Waals surface area contributed by atoms with Gasteiger partial charge in [0.15, 0.2) is 5.16 Å². The number of hydrogen-bond acceptors (Lipinski definition) is 4. The average Bonchev–Trinajstić information content (AvgIpc) is 3.24. The molecule has 1 amide bonds. The first-order valence-corrected chi connectivity index (χ1v) is 7.80. The van der Waals surface area contributed by atoms with Crippen LogP contribution >= 0.6 is 11.8 Å².